The van der Waals surface area contributed by atoms with Crippen molar-refractivity contribution in [2.45, 2.75) is 6.42 Å². The highest BCUT2D eigenvalue weighted by molar-refractivity contribution is 6.32. The lowest BCUT2D eigenvalue weighted by molar-refractivity contribution is -0.384. The lowest BCUT2D eigenvalue weighted by atomic mass is 10.3. The van der Waals surface area contributed by atoms with Gasteiger partial charge in [0.2, 0.25) is 0 Å². The van der Waals surface area contributed by atoms with Gasteiger partial charge in [0, 0.05) is 11.9 Å². The molecule has 0 radical (unpaired) electrons. The molecule has 0 aliphatic rings. The normalized spacial score (nSPS) is 10.0. The Morgan fingerprint density at radius 2 is 2.20 bits per heavy atom. The molecule has 0 unspecified atom stereocenters. The molecule has 4 nitrogen and oxygen atoms in total. The summed E-state index contributed by atoms with van der Waals surface area (Å²) in [6.07, 6.45) is 0.667. The van der Waals surface area contributed by atoms with E-state index in [2.05, 4.69) is 0 Å². The van der Waals surface area contributed by atoms with Gasteiger partial charge in [-0.25, -0.2) is 0 Å². The summed E-state index contributed by atoms with van der Waals surface area (Å²) in [5.74, 6) is 0.794. The maximum absolute atomic E-state index is 10.5. The predicted octanol–water partition coefficient (Wildman–Crippen LogP) is 3.26. The molecule has 0 amide bonds. The van der Waals surface area contributed by atoms with Gasteiger partial charge in [-0.3, -0.25) is 10.1 Å². The molecule has 6 heteroatoms. The van der Waals surface area contributed by atoms with Crippen molar-refractivity contribution in [2.24, 2.45) is 0 Å². The predicted molar refractivity (Wildman–Crippen MR) is 58.9 cm³/mol. The van der Waals surface area contributed by atoms with Crippen LogP contribution < -0.4 is 4.74 Å². The van der Waals surface area contributed by atoms with Crippen LogP contribution in [0, 0.1) is 10.1 Å². The fourth-order valence-electron chi connectivity index (χ4n) is 0.953. The van der Waals surface area contributed by atoms with E-state index in [1.165, 1.54) is 18.2 Å². The molecule has 0 saturated carbocycles. The average Bonchev–Trinajstić information content (AvgIpc) is 2.20. The number of nitro benzene ring substituents is 1. The Bertz CT molecular complexity index is 357. The van der Waals surface area contributed by atoms with Gasteiger partial charge < -0.3 is 4.74 Å². The second kappa shape index (κ2) is 5.78. The summed E-state index contributed by atoms with van der Waals surface area (Å²) in [7, 11) is 0. The summed E-state index contributed by atoms with van der Waals surface area (Å²) in [5, 5.41) is 10.8. The summed E-state index contributed by atoms with van der Waals surface area (Å²) in [4.78, 5) is 9.98. The Morgan fingerprint density at radius 3 is 2.80 bits per heavy atom. The molecule has 0 aliphatic heterocycles. The van der Waals surface area contributed by atoms with Crippen LogP contribution in [0.2, 0.25) is 5.02 Å². The first-order chi connectivity index (χ1) is 7.15. The Kier molecular flexibility index (Phi) is 4.65. The number of benzene rings is 1. The van der Waals surface area contributed by atoms with Gasteiger partial charge in [-0.15, -0.1) is 11.6 Å². The Hall–Kier alpha value is -1.00. The van der Waals surface area contributed by atoms with Crippen LogP contribution in [0.25, 0.3) is 0 Å². The summed E-state index contributed by atoms with van der Waals surface area (Å²) >= 11 is 11.3. The smallest absolute Gasteiger partial charge is 0.273 e. The van der Waals surface area contributed by atoms with Crippen LogP contribution in [-0.4, -0.2) is 17.4 Å². The van der Waals surface area contributed by atoms with Gasteiger partial charge in [-0.2, -0.15) is 0 Å². The molecule has 15 heavy (non-hydrogen) atoms. The molecule has 0 bridgehead atoms. The number of nitrogens with zero attached hydrogens (tertiary/aromatic N) is 1. The Balaban J connectivity index is 2.76. The van der Waals surface area contributed by atoms with E-state index < -0.39 is 4.92 Å². The van der Waals surface area contributed by atoms with Crippen LogP contribution in [0.15, 0.2) is 18.2 Å². The molecule has 0 spiro atoms. The topological polar surface area (TPSA) is 52.4 Å². The fraction of sp³-hybridized carbons (Fsp3) is 0.333. The quantitative estimate of drug-likeness (QED) is 0.349. The zero-order valence-electron chi connectivity index (χ0n) is 7.78. The van der Waals surface area contributed by atoms with Gasteiger partial charge in [-0.05, 0) is 12.5 Å². The minimum atomic E-state index is -0.495. The number of alkyl halides is 1. The van der Waals surface area contributed by atoms with E-state index >= 15 is 0 Å². The molecule has 0 N–H and O–H groups in total. The number of ether oxygens (including phenoxy) is 1. The van der Waals surface area contributed by atoms with Crippen molar-refractivity contribution < 1.29 is 9.66 Å². The molecule has 1 aromatic carbocycles. The first-order valence-corrected chi connectivity index (χ1v) is 5.19. The maximum atomic E-state index is 10.5. The van der Waals surface area contributed by atoms with Crippen LogP contribution in [0.4, 0.5) is 5.69 Å². The van der Waals surface area contributed by atoms with Gasteiger partial charge in [0.15, 0.2) is 0 Å². The van der Waals surface area contributed by atoms with Crippen LogP contribution >= 0.6 is 23.2 Å². The molecular formula is C9H9Cl2NO3. The monoisotopic (exact) mass is 249 g/mol. The lowest BCUT2D eigenvalue weighted by Crippen LogP contribution is -1.99. The number of hydrogen-bond acceptors (Lipinski definition) is 3. The minimum absolute atomic E-state index is 0.0414. The third-order valence-corrected chi connectivity index (χ3v) is 2.24. The highest BCUT2D eigenvalue weighted by Crippen LogP contribution is 2.28. The fourth-order valence-corrected chi connectivity index (χ4v) is 1.23. The summed E-state index contributed by atoms with van der Waals surface area (Å²) in [5.41, 5.74) is -0.0414. The van der Waals surface area contributed by atoms with Crippen molar-refractivity contribution in [3.63, 3.8) is 0 Å². The number of non-ortho nitro benzene ring substituents is 1. The van der Waals surface area contributed by atoms with E-state index in [0.29, 0.717) is 29.7 Å². The Morgan fingerprint density at radius 1 is 1.47 bits per heavy atom. The van der Waals surface area contributed by atoms with Gasteiger partial charge in [0.1, 0.15) is 5.75 Å². The van der Waals surface area contributed by atoms with Crippen molar-refractivity contribution in [1.29, 1.82) is 0 Å². The van der Waals surface area contributed by atoms with Crippen LogP contribution in [0.3, 0.4) is 0 Å². The average molecular weight is 250 g/mol. The highest BCUT2D eigenvalue weighted by Gasteiger charge is 2.10. The van der Waals surface area contributed by atoms with Crippen molar-refractivity contribution in [1.82, 2.24) is 0 Å². The minimum Gasteiger partial charge on any atom is -0.492 e. The lowest BCUT2D eigenvalue weighted by Gasteiger charge is -2.06. The molecule has 1 rings (SSSR count). The van der Waals surface area contributed by atoms with E-state index in [1.54, 1.807) is 0 Å². The third kappa shape index (κ3) is 3.57. The highest BCUT2D eigenvalue weighted by atomic mass is 35.5. The third-order valence-electron chi connectivity index (χ3n) is 1.66. The van der Waals surface area contributed by atoms with E-state index in [-0.39, 0.29) is 5.69 Å². The molecule has 0 aliphatic carbocycles. The first kappa shape index (κ1) is 12.1. The second-order valence-electron chi connectivity index (χ2n) is 2.76. The van der Waals surface area contributed by atoms with E-state index in [4.69, 9.17) is 27.9 Å². The Labute approximate surface area is 96.9 Å². The summed E-state index contributed by atoms with van der Waals surface area (Å²) in [6, 6.07) is 4.07. The van der Waals surface area contributed by atoms with Crippen molar-refractivity contribution in [3.8, 4) is 5.75 Å². The summed E-state index contributed by atoms with van der Waals surface area (Å²) < 4.78 is 5.25. The number of hydrogen-bond donors (Lipinski definition) is 0. The number of rotatable bonds is 5. The number of nitro groups is 1. The van der Waals surface area contributed by atoms with Gasteiger partial charge in [-0.1, -0.05) is 11.6 Å². The SMILES string of the molecule is O=[N+]([O-])c1ccc(Cl)c(OCCCCl)c1. The molecule has 0 aromatic heterocycles. The first-order valence-electron chi connectivity index (χ1n) is 4.28. The zero-order chi connectivity index (χ0) is 11.3. The van der Waals surface area contributed by atoms with E-state index in [1.807, 2.05) is 0 Å². The van der Waals surface area contributed by atoms with Crippen molar-refractivity contribution in [3.05, 3.63) is 33.3 Å². The van der Waals surface area contributed by atoms with Crippen molar-refractivity contribution in [2.75, 3.05) is 12.5 Å². The zero-order valence-corrected chi connectivity index (χ0v) is 9.29. The van der Waals surface area contributed by atoms with Crippen LogP contribution in [0.5, 0.6) is 5.75 Å². The standard InChI is InChI=1S/C9H9Cl2NO3/c10-4-1-5-15-9-6-7(12(13)14)2-3-8(9)11/h2-3,6H,1,4-5H2. The molecule has 0 fully saturated rings. The molecular weight excluding hydrogens is 241 g/mol. The van der Waals surface area contributed by atoms with Crippen LogP contribution in [-0.2, 0) is 0 Å². The van der Waals surface area contributed by atoms with E-state index in [9.17, 15) is 10.1 Å². The molecule has 0 saturated heterocycles. The largest absolute Gasteiger partial charge is 0.492 e. The van der Waals surface area contributed by atoms with E-state index in [0.717, 1.165) is 0 Å². The van der Waals surface area contributed by atoms with Gasteiger partial charge in [0.05, 0.1) is 22.6 Å². The van der Waals surface area contributed by atoms with Crippen molar-refractivity contribution >= 4 is 28.9 Å². The second-order valence-corrected chi connectivity index (χ2v) is 3.55. The molecule has 0 heterocycles. The number of halogens is 2. The van der Waals surface area contributed by atoms with Crippen LogP contribution in [0.1, 0.15) is 6.42 Å². The molecule has 1 aromatic rings. The molecule has 82 valence electrons. The van der Waals surface area contributed by atoms with Gasteiger partial charge in [0.25, 0.3) is 5.69 Å². The summed E-state index contributed by atoms with van der Waals surface area (Å²) in [6.45, 7) is 0.393. The molecule has 0 atom stereocenters. The maximum Gasteiger partial charge on any atom is 0.273 e. The van der Waals surface area contributed by atoms with Gasteiger partial charge >= 0.3 is 0 Å².